The van der Waals surface area contributed by atoms with E-state index in [2.05, 4.69) is 37.7 Å². The van der Waals surface area contributed by atoms with Gasteiger partial charge < -0.3 is 9.32 Å². The number of nitrogens with zero attached hydrogens (tertiary/aromatic N) is 6. The second-order valence-electron chi connectivity index (χ2n) is 6.57. The minimum Gasteiger partial charge on any atom is -0.439 e. The van der Waals surface area contributed by atoms with Crippen molar-refractivity contribution in [2.75, 3.05) is 31.1 Å². The first kappa shape index (κ1) is 16.5. The second kappa shape index (κ2) is 6.73. The third-order valence-electron chi connectivity index (χ3n) is 4.90. The lowest BCUT2D eigenvalue weighted by Crippen LogP contribution is -2.46. The average Bonchev–Trinajstić information content (AvgIpc) is 3.06. The molecule has 1 aliphatic rings. The molecule has 2 aromatic heterocycles. The van der Waals surface area contributed by atoms with Crippen LogP contribution in [-0.2, 0) is 6.54 Å². The highest BCUT2D eigenvalue weighted by Crippen LogP contribution is 2.21. The van der Waals surface area contributed by atoms with E-state index in [4.69, 9.17) is 9.68 Å². The largest absolute Gasteiger partial charge is 0.439 e. The zero-order chi connectivity index (χ0) is 18.1. The maximum atomic E-state index is 8.99. The molecule has 0 unspecified atom stereocenters. The molecule has 1 saturated heterocycles. The van der Waals surface area contributed by atoms with Crippen LogP contribution in [0.2, 0.25) is 0 Å². The molecule has 3 aromatic rings. The lowest BCUT2D eigenvalue weighted by atomic mass is 10.2. The van der Waals surface area contributed by atoms with Crippen LogP contribution in [0.4, 0.5) is 5.82 Å². The predicted octanol–water partition coefficient (Wildman–Crippen LogP) is 2.43. The quantitative estimate of drug-likeness (QED) is 0.719. The van der Waals surface area contributed by atoms with E-state index in [1.807, 2.05) is 13.0 Å². The fourth-order valence-corrected chi connectivity index (χ4v) is 3.26. The summed E-state index contributed by atoms with van der Waals surface area (Å²) in [5, 5.41) is 8.99. The molecular formula is C19H20N6O. The topological polar surface area (TPSA) is 82.1 Å². The Morgan fingerprint density at radius 1 is 1.15 bits per heavy atom. The van der Waals surface area contributed by atoms with E-state index >= 15 is 0 Å². The third kappa shape index (κ3) is 3.11. The van der Waals surface area contributed by atoms with Gasteiger partial charge in [-0.25, -0.2) is 15.0 Å². The summed E-state index contributed by atoms with van der Waals surface area (Å²) in [6.45, 7) is 8.43. The molecule has 132 valence electrons. The Labute approximate surface area is 151 Å². The summed E-state index contributed by atoms with van der Waals surface area (Å²) in [5.41, 5.74) is 4.23. The highest BCUT2D eigenvalue weighted by Gasteiger charge is 2.21. The zero-order valence-corrected chi connectivity index (χ0v) is 14.9. The lowest BCUT2D eigenvalue weighted by molar-refractivity contribution is 0.228. The summed E-state index contributed by atoms with van der Waals surface area (Å²) < 4.78 is 5.82. The molecule has 7 nitrogen and oxygen atoms in total. The summed E-state index contributed by atoms with van der Waals surface area (Å²) in [4.78, 5) is 17.9. The van der Waals surface area contributed by atoms with Gasteiger partial charge in [0.25, 0.3) is 0 Å². The SMILES string of the molecule is Cc1ncnc(N2CCN(Cc3nc4ccc(C#N)cc4o3)CC2)c1C. The van der Waals surface area contributed by atoms with Gasteiger partial charge in [-0.2, -0.15) is 5.26 Å². The molecule has 0 spiro atoms. The van der Waals surface area contributed by atoms with Gasteiger partial charge in [-0.3, -0.25) is 4.90 Å². The van der Waals surface area contributed by atoms with Gasteiger partial charge >= 0.3 is 0 Å². The molecule has 0 atom stereocenters. The summed E-state index contributed by atoms with van der Waals surface area (Å²) >= 11 is 0. The van der Waals surface area contributed by atoms with E-state index in [-0.39, 0.29) is 0 Å². The van der Waals surface area contributed by atoms with Gasteiger partial charge in [0.15, 0.2) is 5.58 Å². The first-order valence-corrected chi connectivity index (χ1v) is 8.69. The van der Waals surface area contributed by atoms with Crippen molar-refractivity contribution in [2.24, 2.45) is 0 Å². The number of oxazole rings is 1. The monoisotopic (exact) mass is 348 g/mol. The van der Waals surface area contributed by atoms with Gasteiger partial charge in [-0.15, -0.1) is 0 Å². The van der Waals surface area contributed by atoms with Crippen LogP contribution in [0.15, 0.2) is 28.9 Å². The van der Waals surface area contributed by atoms with Crippen LogP contribution in [0.5, 0.6) is 0 Å². The first-order chi connectivity index (χ1) is 12.6. The Morgan fingerprint density at radius 2 is 1.96 bits per heavy atom. The lowest BCUT2D eigenvalue weighted by Gasteiger charge is -2.35. The Balaban J connectivity index is 1.42. The van der Waals surface area contributed by atoms with Crippen molar-refractivity contribution in [3.05, 3.63) is 47.2 Å². The number of rotatable bonds is 3. The van der Waals surface area contributed by atoms with Gasteiger partial charge in [0, 0.05) is 43.5 Å². The molecule has 0 saturated carbocycles. The average molecular weight is 348 g/mol. The highest BCUT2D eigenvalue weighted by atomic mass is 16.3. The molecule has 0 N–H and O–H groups in total. The van der Waals surface area contributed by atoms with Crippen LogP contribution in [0, 0.1) is 25.2 Å². The van der Waals surface area contributed by atoms with Crippen molar-refractivity contribution in [1.29, 1.82) is 5.26 Å². The standard InChI is InChI=1S/C19H20N6O/c1-13-14(2)21-12-22-19(13)25-7-5-24(6-8-25)11-18-23-16-4-3-15(10-20)9-17(16)26-18/h3-4,9,12H,5-8,11H2,1-2H3. The number of hydrogen-bond acceptors (Lipinski definition) is 7. The Bertz CT molecular complexity index is 981. The number of benzene rings is 1. The van der Waals surface area contributed by atoms with Crippen LogP contribution in [-0.4, -0.2) is 46.0 Å². The van der Waals surface area contributed by atoms with Gasteiger partial charge in [-0.05, 0) is 26.0 Å². The van der Waals surface area contributed by atoms with E-state index < -0.39 is 0 Å². The minimum absolute atomic E-state index is 0.587. The number of aryl methyl sites for hydroxylation is 1. The van der Waals surface area contributed by atoms with E-state index in [1.165, 1.54) is 0 Å². The molecule has 0 amide bonds. The van der Waals surface area contributed by atoms with Crippen molar-refractivity contribution in [3.63, 3.8) is 0 Å². The van der Waals surface area contributed by atoms with Crippen LogP contribution in [0.25, 0.3) is 11.1 Å². The van der Waals surface area contributed by atoms with E-state index in [0.717, 1.165) is 48.8 Å². The van der Waals surface area contributed by atoms with Crippen LogP contribution in [0.3, 0.4) is 0 Å². The van der Waals surface area contributed by atoms with E-state index in [9.17, 15) is 0 Å². The number of anilines is 1. The Hall–Kier alpha value is -2.98. The summed E-state index contributed by atoms with van der Waals surface area (Å²) in [6, 6.07) is 7.46. The van der Waals surface area contributed by atoms with Crippen molar-refractivity contribution in [3.8, 4) is 6.07 Å². The summed E-state index contributed by atoms with van der Waals surface area (Å²) in [6.07, 6.45) is 1.64. The maximum Gasteiger partial charge on any atom is 0.209 e. The normalized spacial score (nSPS) is 15.3. The molecule has 4 rings (SSSR count). The van der Waals surface area contributed by atoms with Gasteiger partial charge in [-0.1, -0.05) is 0 Å². The Morgan fingerprint density at radius 3 is 2.73 bits per heavy atom. The smallest absolute Gasteiger partial charge is 0.209 e. The van der Waals surface area contributed by atoms with Crippen LogP contribution < -0.4 is 4.90 Å². The fourth-order valence-electron chi connectivity index (χ4n) is 3.26. The number of fused-ring (bicyclic) bond motifs is 1. The molecule has 3 heterocycles. The molecule has 0 aliphatic carbocycles. The number of hydrogen-bond donors (Lipinski definition) is 0. The molecule has 26 heavy (non-hydrogen) atoms. The summed E-state index contributed by atoms with van der Waals surface area (Å²) in [5.74, 6) is 1.72. The Kier molecular flexibility index (Phi) is 4.27. The van der Waals surface area contributed by atoms with E-state index in [1.54, 1.807) is 18.5 Å². The third-order valence-corrected chi connectivity index (χ3v) is 4.90. The van der Waals surface area contributed by atoms with Crippen LogP contribution >= 0.6 is 0 Å². The highest BCUT2D eigenvalue weighted by molar-refractivity contribution is 5.74. The molecule has 1 fully saturated rings. The van der Waals surface area contributed by atoms with Gasteiger partial charge in [0.05, 0.1) is 18.2 Å². The predicted molar refractivity (Wildman–Crippen MR) is 97.7 cm³/mol. The summed E-state index contributed by atoms with van der Waals surface area (Å²) in [7, 11) is 0. The number of aromatic nitrogens is 3. The molecule has 7 heteroatoms. The molecule has 1 aromatic carbocycles. The minimum atomic E-state index is 0.587. The maximum absolute atomic E-state index is 8.99. The van der Waals surface area contributed by atoms with Crippen molar-refractivity contribution in [1.82, 2.24) is 19.9 Å². The fraction of sp³-hybridized carbons (Fsp3) is 0.368. The zero-order valence-electron chi connectivity index (χ0n) is 14.9. The molecule has 0 bridgehead atoms. The number of nitriles is 1. The molecular weight excluding hydrogens is 328 g/mol. The first-order valence-electron chi connectivity index (χ1n) is 8.69. The van der Waals surface area contributed by atoms with Crippen LogP contribution in [0.1, 0.15) is 22.7 Å². The van der Waals surface area contributed by atoms with Crippen molar-refractivity contribution >= 4 is 16.9 Å². The van der Waals surface area contributed by atoms with Gasteiger partial charge in [0.1, 0.15) is 17.7 Å². The van der Waals surface area contributed by atoms with E-state index in [0.29, 0.717) is 23.6 Å². The molecule has 0 radical (unpaired) electrons. The molecule has 1 aliphatic heterocycles. The van der Waals surface area contributed by atoms with Gasteiger partial charge in [0.2, 0.25) is 5.89 Å². The second-order valence-corrected chi connectivity index (χ2v) is 6.57. The number of piperazine rings is 1. The van der Waals surface area contributed by atoms with Crippen molar-refractivity contribution in [2.45, 2.75) is 20.4 Å². The van der Waals surface area contributed by atoms with Crippen molar-refractivity contribution < 1.29 is 4.42 Å².